The Balaban J connectivity index is 1.73. The van der Waals surface area contributed by atoms with E-state index in [-0.39, 0.29) is 10.5 Å². The number of primary sulfonamides is 1. The van der Waals surface area contributed by atoms with E-state index in [2.05, 4.69) is 5.32 Å². The number of methoxy groups -OCH3 is 1. The number of benzene rings is 3. The smallest absolute Gasteiger partial charge is 0.339 e. The fraction of sp³-hybridized carbons (Fsp3) is 0.0833. The quantitative estimate of drug-likeness (QED) is 0.299. The third-order valence-corrected chi connectivity index (χ3v) is 5.47. The number of amides is 1. The highest BCUT2D eigenvalue weighted by atomic mass is 32.2. The van der Waals surface area contributed by atoms with Gasteiger partial charge in [0.1, 0.15) is 5.75 Å². The Morgan fingerprint density at radius 1 is 0.939 bits per heavy atom. The molecular formula is C24H22N2O6S. The first kappa shape index (κ1) is 23.7. The van der Waals surface area contributed by atoms with E-state index in [1.165, 1.54) is 31.4 Å². The number of carbonyl (C=O) groups excluding carboxylic acids is 2. The van der Waals surface area contributed by atoms with Crippen LogP contribution in [0, 0.1) is 0 Å². The number of nitrogens with two attached hydrogens (primary N) is 1. The van der Waals surface area contributed by atoms with E-state index in [0.29, 0.717) is 22.6 Å². The Bertz CT molecular complexity index is 1270. The summed E-state index contributed by atoms with van der Waals surface area (Å²) in [5, 5.41) is 7.58. The lowest BCUT2D eigenvalue weighted by molar-refractivity contribution is -0.141. The SMILES string of the molecule is COc1ccccc1/C=C(/C(=O)OCC(=O)Nc1ccc(S(N)(=O)=O)cc1)c1ccccc1. The normalized spacial score (nSPS) is 11.5. The van der Waals surface area contributed by atoms with E-state index in [4.69, 9.17) is 14.6 Å². The van der Waals surface area contributed by atoms with E-state index < -0.39 is 28.5 Å². The van der Waals surface area contributed by atoms with Crippen molar-refractivity contribution in [1.29, 1.82) is 0 Å². The number of sulfonamides is 1. The molecular weight excluding hydrogens is 444 g/mol. The Hall–Kier alpha value is -3.95. The summed E-state index contributed by atoms with van der Waals surface area (Å²) in [6.07, 6.45) is 1.64. The molecule has 0 aliphatic heterocycles. The summed E-state index contributed by atoms with van der Waals surface area (Å²) in [5.41, 5.74) is 1.88. The lowest BCUT2D eigenvalue weighted by Gasteiger charge is -2.11. The number of nitrogens with one attached hydrogen (secondary N) is 1. The molecule has 33 heavy (non-hydrogen) atoms. The maximum absolute atomic E-state index is 12.9. The maximum Gasteiger partial charge on any atom is 0.339 e. The van der Waals surface area contributed by atoms with Crippen molar-refractivity contribution in [2.75, 3.05) is 19.0 Å². The number of ether oxygens (including phenoxy) is 2. The predicted octanol–water partition coefficient (Wildman–Crippen LogP) is 3.07. The van der Waals surface area contributed by atoms with Gasteiger partial charge in [-0.3, -0.25) is 4.79 Å². The van der Waals surface area contributed by atoms with E-state index >= 15 is 0 Å². The lowest BCUT2D eigenvalue weighted by atomic mass is 10.0. The van der Waals surface area contributed by atoms with Gasteiger partial charge < -0.3 is 14.8 Å². The summed E-state index contributed by atoms with van der Waals surface area (Å²) in [4.78, 5) is 25.0. The van der Waals surface area contributed by atoms with Crippen molar-refractivity contribution < 1.29 is 27.5 Å². The summed E-state index contributed by atoms with van der Waals surface area (Å²) in [6, 6.07) is 21.4. The van der Waals surface area contributed by atoms with Gasteiger partial charge in [-0.25, -0.2) is 18.4 Å². The fourth-order valence-electron chi connectivity index (χ4n) is 2.95. The molecule has 170 valence electrons. The van der Waals surface area contributed by atoms with Crippen LogP contribution in [0.3, 0.4) is 0 Å². The second-order valence-electron chi connectivity index (χ2n) is 6.86. The van der Waals surface area contributed by atoms with E-state index in [1.807, 2.05) is 18.2 Å². The van der Waals surface area contributed by atoms with Crippen LogP contribution < -0.4 is 15.2 Å². The average Bonchev–Trinajstić information content (AvgIpc) is 2.81. The fourth-order valence-corrected chi connectivity index (χ4v) is 3.47. The van der Waals surface area contributed by atoms with Crippen molar-refractivity contribution in [3.05, 3.63) is 90.0 Å². The molecule has 0 bridgehead atoms. The van der Waals surface area contributed by atoms with Gasteiger partial charge in [0.2, 0.25) is 10.0 Å². The van der Waals surface area contributed by atoms with Gasteiger partial charge in [0.15, 0.2) is 6.61 Å². The molecule has 0 heterocycles. The Kier molecular flexibility index (Phi) is 7.60. The zero-order valence-electron chi connectivity index (χ0n) is 17.7. The molecule has 0 atom stereocenters. The second-order valence-corrected chi connectivity index (χ2v) is 8.42. The first-order chi connectivity index (χ1) is 15.8. The number of hydrogen-bond acceptors (Lipinski definition) is 6. The molecule has 0 saturated carbocycles. The molecule has 8 nitrogen and oxygen atoms in total. The predicted molar refractivity (Wildman–Crippen MR) is 125 cm³/mol. The molecule has 0 unspecified atom stereocenters. The molecule has 0 saturated heterocycles. The van der Waals surface area contributed by atoms with Crippen molar-refractivity contribution in [1.82, 2.24) is 0 Å². The molecule has 0 fully saturated rings. The molecule has 0 aliphatic rings. The van der Waals surface area contributed by atoms with Gasteiger partial charge in [0.05, 0.1) is 17.6 Å². The number of hydrogen-bond donors (Lipinski definition) is 2. The van der Waals surface area contributed by atoms with Gasteiger partial charge in [-0.05, 0) is 42.0 Å². The van der Waals surface area contributed by atoms with Crippen LogP contribution >= 0.6 is 0 Å². The molecule has 3 aromatic carbocycles. The number of anilines is 1. The van der Waals surface area contributed by atoms with Crippen molar-refractivity contribution in [2.45, 2.75) is 4.90 Å². The van der Waals surface area contributed by atoms with Crippen molar-refractivity contribution in [2.24, 2.45) is 5.14 Å². The number of para-hydroxylation sites is 1. The van der Waals surface area contributed by atoms with E-state index in [1.54, 1.807) is 42.5 Å². The van der Waals surface area contributed by atoms with Crippen molar-refractivity contribution in [3.8, 4) is 5.75 Å². The molecule has 3 rings (SSSR count). The van der Waals surface area contributed by atoms with Gasteiger partial charge in [-0.2, -0.15) is 0 Å². The number of carbonyl (C=O) groups is 2. The van der Waals surface area contributed by atoms with Gasteiger partial charge in [-0.1, -0.05) is 48.5 Å². The third-order valence-electron chi connectivity index (χ3n) is 4.54. The average molecular weight is 467 g/mol. The Labute approximate surface area is 191 Å². The summed E-state index contributed by atoms with van der Waals surface area (Å²) >= 11 is 0. The summed E-state index contributed by atoms with van der Waals surface area (Å²) in [6.45, 7) is -0.536. The summed E-state index contributed by atoms with van der Waals surface area (Å²) < 4.78 is 33.2. The Morgan fingerprint density at radius 3 is 2.21 bits per heavy atom. The molecule has 9 heteroatoms. The van der Waals surface area contributed by atoms with Crippen LogP contribution in [0.2, 0.25) is 0 Å². The van der Waals surface area contributed by atoms with Crippen LogP contribution in [-0.2, 0) is 24.3 Å². The summed E-state index contributed by atoms with van der Waals surface area (Å²) in [5.74, 6) is -0.692. The van der Waals surface area contributed by atoms with Gasteiger partial charge in [0.25, 0.3) is 5.91 Å². The highest BCUT2D eigenvalue weighted by molar-refractivity contribution is 7.89. The minimum atomic E-state index is -3.83. The first-order valence-corrected chi connectivity index (χ1v) is 11.3. The molecule has 0 aromatic heterocycles. The van der Waals surface area contributed by atoms with Crippen molar-refractivity contribution in [3.63, 3.8) is 0 Å². The number of esters is 1. The zero-order valence-corrected chi connectivity index (χ0v) is 18.5. The van der Waals surface area contributed by atoms with Crippen molar-refractivity contribution >= 4 is 39.2 Å². The second kappa shape index (κ2) is 10.6. The molecule has 1 amide bonds. The van der Waals surface area contributed by atoms with Gasteiger partial charge in [0, 0.05) is 11.3 Å². The maximum atomic E-state index is 12.9. The highest BCUT2D eigenvalue weighted by Gasteiger charge is 2.17. The standard InChI is InChI=1S/C24H22N2O6S/c1-31-22-10-6-5-9-18(22)15-21(17-7-3-2-4-8-17)24(28)32-16-23(27)26-19-11-13-20(14-12-19)33(25,29)30/h2-15H,16H2,1H3,(H,26,27)(H2,25,29,30)/b21-15+. The van der Waals surface area contributed by atoms with Gasteiger partial charge in [-0.15, -0.1) is 0 Å². The minimum absolute atomic E-state index is 0.0825. The zero-order chi connectivity index (χ0) is 23.8. The number of rotatable bonds is 8. The van der Waals surface area contributed by atoms with Gasteiger partial charge >= 0.3 is 5.97 Å². The molecule has 3 aromatic rings. The van der Waals surface area contributed by atoms with Crippen LogP contribution in [0.25, 0.3) is 11.6 Å². The topological polar surface area (TPSA) is 125 Å². The monoisotopic (exact) mass is 466 g/mol. The third kappa shape index (κ3) is 6.52. The van der Waals surface area contributed by atoms with E-state index in [9.17, 15) is 18.0 Å². The lowest BCUT2D eigenvalue weighted by Crippen LogP contribution is -2.21. The van der Waals surface area contributed by atoms with Crippen LogP contribution in [0.15, 0.2) is 83.8 Å². The molecule has 0 aliphatic carbocycles. The highest BCUT2D eigenvalue weighted by Crippen LogP contribution is 2.25. The molecule has 0 spiro atoms. The Morgan fingerprint density at radius 2 is 1.58 bits per heavy atom. The van der Waals surface area contributed by atoms with Crippen LogP contribution in [-0.4, -0.2) is 34.0 Å². The molecule has 0 radical (unpaired) electrons. The largest absolute Gasteiger partial charge is 0.496 e. The van der Waals surface area contributed by atoms with Crippen LogP contribution in [0.1, 0.15) is 11.1 Å². The first-order valence-electron chi connectivity index (χ1n) is 9.78. The van der Waals surface area contributed by atoms with E-state index in [0.717, 1.165) is 0 Å². The van der Waals surface area contributed by atoms with Crippen LogP contribution in [0.4, 0.5) is 5.69 Å². The minimum Gasteiger partial charge on any atom is -0.496 e. The molecule has 3 N–H and O–H groups in total. The summed E-state index contributed by atoms with van der Waals surface area (Å²) in [7, 11) is -2.30. The van der Waals surface area contributed by atoms with Crippen LogP contribution in [0.5, 0.6) is 5.75 Å².